The highest BCUT2D eigenvalue weighted by molar-refractivity contribution is 7.93. The lowest BCUT2D eigenvalue weighted by atomic mass is 9.93. The third-order valence-corrected chi connectivity index (χ3v) is 22.2. The van der Waals surface area contributed by atoms with Crippen LogP contribution in [0, 0.1) is 0 Å². The van der Waals surface area contributed by atoms with Crippen molar-refractivity contribution in [2.45, 2.75) is 99.6 Å². The molecule has 24 nitrogen and oxygen atoms in total. The van der Waals surface area contributed by atoms with E-state index in [0.717, 1.165) is 45.0 Å². The highest BCUT2D eigenvalue weighted by atomic mass is 32.2. The molecule has 0 unspecified atom stereocenters. The van der Waals surface area contributed by atoms with E-state index in [0.29, 0.717) is 124 Å². The van der Waals surface area contributed by atoms with Crippen LogP contribution in [-0.2, 0) is 92.6 Å². The molecule has 8 heterocycles. The summed E-state index contributed by atoms with van der Waals surface area (Å²) in [6.07, 6.45) is 0. The van der Waals surface area contributed by atoms with Gasteiger partial charge in [-0.2, -0.15) is 16.8 Å². The summed E-state index contributed by atoms with van der Waals surface area (Å²) in [6.45, 7) is 15.6. The molecule has 0 saturated carbocycles. The van der Waals surface area contributed by atoms with Gasteiger partial charge in [0.25, 0.3) is 40.3 Å². The Labute approximate surface area is 492 Å². The van der Waals surface area contributed by atoms with E-state index in [1.54, 1.807) is 42.5 Å². The SMILES string of the molecule is CCN1CN(C)Cc2cc(S(=O)(=O)O)c3c(c21)CN1CN3Cc2c3c(cc(S(=O)(=O)Nc4cccc(NS(=O)(=O)c5cc6c(c7c5N5Cc8c9c(cc(S(=O)(=O)O)c8N(C7)C5)CN(C)CN9CC)N(CC)CN(C)C6)c4)c21)CN(C)CN3CC. The molecule has 84 heavy (non-hydrogen) atoms. The molecule has 0 aromatic heterocycles. The Bertz CT molecular complexity index is 3840. The van der Waals surface area contributed by atoms with E-state index in [-0.39, 0.29) is 70.5 Å². The van der Waals surface area contributed by atoms with Gasteiger partial charge in [-0.1, -0.05) is 6.07 Å². The number of fused-ring (bicyclic) bond motifs is 20. The first kappa shape index (κ1) is 56.8. The fourth-order valence-electron chi connectivity index (χ4n) is 14.7. The number of rotatable bonds is 12. The van der Waals surface area contributed by atoms with Gasteiger partial charge in [0.15, 0.2) is 0 Å². The lowest BCUT2D eigenvalue weighted by Crippen LogP contribution is -2.50. The van der Waals surface area contributed by atoms with Crippen LogP contribution in [0.3, 0.4) is 0 Å². The van der Waals surface area contributed by atoms with Crippen molar-refractivity contribution in [1.29, 1.82) is 0 Å². The van der Waals surface area contributed by atoms with Crippen LogP contribution >= 0.6 is 0 Å². The van der Waals surface area contributed by atoms with Gasteiger partial charge in [-0.25, -0.2) is 16.8 Å². The van der Waals surface area contributed by atoms with Gasteiger partial charge in [-0.05, 0) is 121 Å². The Morgan fingerprint density at radius 2 is 0.631 bits per heavy atom. The minimum atomic E-state index is -4.71. The number of hydrogen-bond acceptors (Lipinski definition) is 20. The van der Waals surface area contributed by atoms with Gasteiger partial charge in [-0.3, -0.25) is 38.1 Å². The lowest BCUT2D eigenvalue weighted by Gasteiger charge is -2.50. The maximum Gasteiger partial charge on any atom is 0.296 e. The Balaban J connectivity index is 0.885. The summed E-state index contributed by atoms with van der Waals surface area (Å²) in [4.78, 5) is 24.6. The molecule has 0 radical (unpaired) electrons. The highest BCUT2D eigenvalue weighted by Crippen LogP contribution is 2.55. The molecule has 5 aromatic rings. The van der Waals surface area contributed by atoms with Gasteiger partial charge >= 0.3 is 0 Å². The number of anilines is 10. The van der Waals surface area contributed by atoms with Gasteiger partial charge < -0.3 is 39.2 Å². The van der Waals surface area contributed by atoms with E-state index in [9.17, 15) is 25.9 Å². The van der Waals surface area contributed by atoms with Crippen LogP contribution in [0.2, 0.25) is 0 Å². The minimum absolute atomic E-state index is 0.0200. The fraction of sp³-hybridized carbons (Fsp3) is 0.464. The molecule has 0 saturated heterocycles. The molecule has 13 rings (SSSR count). The van der Waals surface area contributed by atoms with Crippen LogP contribution < -0.4 is 48.6 Å². The highest BCUT2D eigenvalue weighted by Gasteiger charge is 2.46. The molecule has 4 bridgehead atoms. The van der Waals surface area contributed by atoms with E-state index < -0.39 is 40.3 Å². The average Bonchev–Trinajstić information content (AvgIpc) is 0.946. The van der Waals surface area contributed by atoms with Crippen LogP contribution in [0.4, 0.5) is 56.9 Å². The van der Waals surface area contributed by atoms with E-state index in [1.807, 2.05) is 75.5 Å². The molecule has 28 heteroatoms. The van der Waals surface area contributed by atoms with Gasteiger partial charge in [0.2, 0.25) is 0 Å². The summed E-state index contributed by atoms with van der Waals surface area (Å²) in [5.41, 5.74) is 11.3. The smallest absolute Gasteiger partial charge is 0.296 e. The zero-order valence-corrected chi connectivity index (χ0v) is 51.8. The fourth-order valence-corrected chi connectivity index (χ4v) is 19.0. The molecule has 4 N–H and O–H groups in total. The van der Waals surface area contributed by atoms with E-state index in [2.05, 4.69) is 48.6 Å². The summed E-state index contributed by atoms with van der Waals surface area (Å²) in [6, 6.07) is 12.8. The third kappa shape index (κ3) is 9.24. The second-order valence-corrected chi connectivity index (χ2v) is 29.8. The van der Waals surface area contributed by atoms with Gasteiger partial charge in [0.05, 0.1) is 74.1 Å². The van der Waals surface area contributed by atoms with Crippen LogP contribution in [-0.4, -0.2) is 157 Å². The number of benzene rings is 5. The second kappa shape index (κ2) is 20.1. The molecule has 0 aliphatic carbocycles. The molecule has 8 aliphatic rings. The normalized spacial score (nSPS) is 19.1. The third-order valence-electron chi connectivity index (χ3n) is 17.7. The topological polar surface area (TPSA) is 240 Å². The molecular weight excluding hydrogens is 1160 g/mol. The first-order valence-electron chi connectivity index (χ1n) is 28.4. The number of nitrogens with one attached hydrogen (secondary N) is 2. The summed E-state index contributed by atoms with van der Waals surface area (Å²) in [5, 5.41) is 0. The first-order chi connectivity index (χ1) is 39.8. The zero-order valence-electron chi connectivity index (χ0n) is 48.5. The lowest BCUT2D eigenvalue weighted by molar-refractivity contribution is 0.309. The number of nitrogens with zero attached hydrogens (tertiary/aromatic N) is 12. The van der Waals surface area contributed by atoms with Gasteiger partial charge in [0.1, 0.15) is 19.6 Å². The summed E-state index contributed by atoms with van der Waals surface area (Å²) >= 11 is 0. The van der Waals surface area contributed by atoms with Crippen molar-refractivity contribution in [1.82, 2.24) is 19.6 Å². The van der Waals surface area contributed by atoms with Crippen LogP contribution in [0.5, 0.6) is 0 Å². The maximum absolute atomic E-state index is 15.4. The summed E-state index contributed by atoms with van der Waals surface area (Å²) in [7, 11) is -10.5. The standard InChI is InChI=1S/C56H72N14O10S4/c1-9-63-29-59(5)21-35-16-45(53-41(49(35)63)25-69-33-67(53)27-43-51-37(23-61(7)31-65(51)11-3)18-47(55(43)69)83(75,76)77)81(71,72)57-39-14-13-15-40(20-39)58-82(73,74)46-17-36-22-60(6)30-64(10-2)50(36)42-26-70-34-68(54(42)46)28-44-52-38(24-62(8)32-66(52)12-4)19-48(56(44)70)84(78,79)80/h13-20,57-58H,9-12,21-34H2,1-8H3,(H,75,76,77)(H,78,79,80). The largest absolute Gasteiger partial charge is 0.358 e. The van der Waals surface area contributed by atoms with Gasteiger partial charge in [-0.15, -0.1) is 0 Å². The zero-order chi connectivity index (χ0) is 59.4. The van der Waals surface area contributed by atoms with Crippen molar-refractivity contribution >= 4 is 97.2 Å². The predicted molar refractivity (Wildman–Crippen MR) is 325 cm³/mol. The van der Waals surface area contributed by atoms with E-state index in [1.165, 1.54) is 6.07 Å². The first-order valence-corrected chi connectivity index (χ1v) is 34.2. The molecule has 0 fully saturated rings. The molecule has 5 aromatic carbocycles. The molecule has 8 aliphatic heterocycles. The van der Waals surface area contributed by atoms with E-state index >= 15 is 16.8 Å². The van der Waals surface area contributed by atoms with Crippen molar-refractivity contribution in [2.75, 3.05) is 143 Å². The number of hydrogen-bond donors (Lipinski definition) is 4. The minimum Gasteiger partial charge on any atom is -0.358 e. The van der Waals surface area contributed by atoms with Crippen molar-refractivity contribution in [3.05, 3.63) is 93.0 Å². The molecule has 0 atom stereocenters. The second-order valence-electron chi connectivity index (χ2n) is 23.7. The molecule has 450 valence electrons. The van der Waals surface area contributed by atoms with Crippen molar-refractivity contribution in [2.24, 2.45) is 0 Å². The Morgan fingerprint density at radius 1 is 0.369 bits per heavy atom. The molecule has 0 spiro atoms. The molecular formula is C56H72N14O10S4. The Morgan fingerprint density at radius 3 is 0.893 bits per heavy atom. The molecule has 0 amide bonds. The summed E-state index contributed by atoms with van der Waals surface area (Å²) in [5.74, 6) is 0. The summed E-state index contributed by atoms with van der Waals surface area (Å²) < 4.78 is 143. The quantitative estimate of drug-likeness (QED) is 0.116. The Hall–Kier alpha value is -6.34. The van der Waals surface area contributed by atoms with E-state index in [4.69, 9.17) is 0 Å². The predicted octanol–water partition coefficient (Wildman–Crippen LogP) is 5.29. The van der Waals surface area contributed by atoms with Crippen LogP contribution in [0.1, 0.15) is 72.2 Å². The monoisotopic (exact) mass is 1230 g/mol. The average molecular weight is 1230 g/mol. The number of sulfonamides is 2. The van der Waals surface area contributed by atoms with Crippen LogP contribution in [0.25, 0.3) is 0 Å². The Kier molecular flexibility index (Phi) is 13.6. The van der Waals surface area contributed by atoms with Crippen molar-refractivity contribution < 1.29 is 42.8 Å². The van der Waals surface area contributed by atoms with Crippen molar-refractivity contribution in [3.8, 4) is 0 Å². The maximum atomic E-state index is 15.4. The van der Waals surface area contributed by atoms with Gasteiger partial charge in [0, 0.05) is 124 Å². The van der Waals surface area contributed by atoms with Crippen LogP contribution in [0.15, 0.2) is 68.1 Å². The van der Waals surface area contributed by atoms with Crippen molar-refractivity contribution in [3.63, 3.8) is 0 Å².